The molecule has 0 aliphatic carbocycles. The van der Waals surface area contributed by atoms with Crippen LogP contribution >= 0.6 is 15.9 Å². The van der Waals surface area contributed by atoms with Crippen molar-refractivity contribution < 1.29 is 23.0 Å². The first-order valence-electron chi connectivity index (χ1n) is 6.94. The third-order valence-electron chi connectivity index (χ3n) is 3.37. The number of aliphatic hydroxyl groups is 1. The molecule has 126 valence electrons. The van der Waals surface area contributed by atoms with Gasteiger partial charge in [0.1, 0.15) is 5.82 Å². The van der Waals surface area contributed by atoms with Crippen molar-refractivity contribution in [3.8, 4) is 0 Å². The molecule has 0 amide bonds. The van der Waals surface area contributed by atoms with Gasteiger partial charge >= 0.3 is 6.61 Å². The van der Waals surface area contributed by atoms with Crippen molar-refractivity contribution in [2.45, 2.75) is 32.1 Å². The number of alkyl halides is 2. The topological polar surface area (TPSA) is 51.5 Å². The Balaban J connectivity index is 2.02. The predicted octanol–water partition coefficient (Wildman–Crippen LogP) is 3.28. The van der Waals surface area contributed by atoms with Crippen LogP contribution in [0, 0.1) is 5.82 Å². The van der Waals surface area contributed by atoms with E-state index < -0.39 is 25.1 Å². The van der Waals surface area contributed by atoms with E-state index in [2.05, 4.69) is 20.7 Å². The van der Waals surface area contributed by atoms with Gasteiger partial charge in [-0.1, -0.05) is 0 Å². The van der Waals surface area contributed by atoms with Gasteiger partial charge in [-0.05, 0) is 52.4 Å². The van der Waals surface area contributed by atoms with E-state index in [1.54, 1.807) is 12.3 Å². The van der Waals surface area contributed by atoms with Crippen LogP contribution in [0.5, 0.6) is 0 Å². The Morgan fingerprint density at radius 1 is 1.35 bits per heavy atom. The third kappa shape index (κ3) is 4.79. The predicted molar refractivity (Wildman–Crippen MR) is 83.1 cm³/mol. The number of aryl methyl sites for hydroxylation is 1. The summed E-state index contributed by atoms with van der Waals surface area (Å²) >= 11 is 3.07. The molecule has 2 aromatic rings. The van der Waals surface area contributed by atoms with Gasteiger partial charge in [0.25, 0.3) is 5.56 Å². The molecule has 4 nitrogen and oxygen atoms in total. The van der Waals surface area contributed by atoms with Crippen molar-refractivity contribution in [1.29, 1.82) is 0 Å². The number of aliphatic hydroxyl groups excluding tert-OH is 1. The van der Waals surface area contributed by atoms with Crippen LogP contribution in [0.25, 0.3) is 10.8 Å². The number of ether oxygens (including phenoxy) is 1. The minimum Gasteiger partial charge on any atom is -0.391 e. The molecule has 1 aromatic carbocycles. The van der Waals surface area contributed by atoms with E-state index in [1.807, 2.05) is 0 Å². The summed E-state index contributed by atoms with van der Waals surface area (Å²) in [7, 11) is 0. The number of hydrogen-bond acceptors (Lipinski definition) is 3. The zero-order chi connectivity index (χ0) is 17.0. The fraction of sp³-hybridized carbons (Fsp3) is 0.400. The Bertz CT molecular complexity index is 736. The lowest BCUT2D eigenvalue weighted by Crippen LogP contribution is -2.22. The summed E-state index contributed by atoms with van der Waals surface area (Å²) in [5.41, 5.74) is -0.341. The number of rotatable bonds is 7. The summed E-state index contributed by atoms with van der Waals surface area (Å²) in [4.78, 5) is 12.3. The van der Waals surface area contributed by atoms with Crippen LogP contribution in [0.3, 0.4) is 0 Å². The average molecular weight is 394 g/mol. The molecule has 1 aromatic heterocycles. The van der Waals surface area contributed by atoms with Gasteiger partial charge in [0.2, 0.25) is 0 Å². The normalized spacial score (nSPS) is 13.0. The molecule has 0 radical (unpaired) electrons. The summed E-state index contributed by atoms with van der Waals surface area (Å²) in [5, 5.41) is 10.4. The van der Waals surface area contributed by atoms with Crippen LogP contribution in [0.2, 0.25) is 0 Å². The molecule has 2 rings (SSSR count). The van der Waals surface area contributed by atoms with Gasteiger partial charge in [-0.25, -0.2) is 4.39 Å². The van der Waals surface area contributed by atoms with E-state index in [-0.39, 0.29) is 28.4 Å². The fourth-order valence-corrected chi connectivity index (χ4v) is 2.58. The first-order valence-corrected chi connectivity index (χ1v) is 7.74. The van der Waals surface area contributed by atoms with Crippen molar-refractivity contribution in [2.75, 3.05) is 6.61 Å². The van der Waals surface area contributed by atoms with Gasteiger partial charge in [0, 0.05) is 12.7 Å². The molecule has 8 heteroatoms. The van der Waals surface area contributed by atoms with Gasteiger partial charge in [0.15, 0.2) is 0 Å². The second kappa shape index (κ2) is 7.94. The molecule has 0 saturated carbocycles. The van der Waals surface area contributed by atoms with E-state index in [0.29, 0.717) is 11.8 Å². The van der Waals surface area contributed by atoms with E-state index in [1.165, 1.54) is 16.7 Å². The summed E-state index contributed by atoms with van der Waals surface area (Å²) in [5.74, 6) is -0.521. The standard InChI is InChI=1S/C15H15BrF3NO3/c16-12-6-9-3-5-20(14(22)11(9)7-13(12)17)4-1-2-10(21)8-23-15(18)19/h3,5-7,10,15,21H,1-2,4,8H2. The zero-order valence-corrected chi connectivity index (χ0v) is 13.6. The fourth-order valence-electron chi connectivity index (χ4n) is 2.22. The second-order valence-corrected chi connectivity index (χ2v) is 5.91. The summed E-state index contributed by atoms with van der Waals surface area (Å²) in [6.07, 6.45) is 1.18. The highest BCUT2D eigenvalue weighted by molar-refractivity contribution is 9.10. The molecule has 23 heavy (non-hydrogen) atoms. The van der Waals surface area contributed by atoms with Crippen molar-refractivity contribution in [2.24, 2.45) is 0 Å². The molecule has 0 saturated heterocycles. The highest BCUT2D eigenvalue weighted by atomic mass is 79.9. The minimum atomic E-state index is -2.91. The largest absolute Gasteiger partial charge is 0.391 e. The summed E-state index contributed by atoms with van der Waals surface area (Å²) < 4.78 is 42.9. The number of halogens is 4. The maximum Gasteiger partial charge on any atom is 0.345 e. The maximum atomic E-state index is 13.6. The van der Waals surface area contributed by atoms with Crippen molar-refractivity contribution >= 4 is 26.7 Å². The number of hydrogen-bond donors (Lipinski definition) is 1. The van der Waals surface area contributed by atoms with Crippen LogP contribution in [0.1, 0.15) is 12.8 Å². The molecule has 1 N–H and O–H groups in total. The zero-order valence-electron chi connectivity index (χ0n) is 12.0. The number of aromatic nitrogens is 1. The Morgan fingerprint density at radius 2 is 2.09 bits per heavy atom. The summed E-state index contributed by atoms with van der Waals surface area (Å²) in [6, 6.07) is 4.39. The van der Waals surface area contributed by atoms with Crippen LogP contribution in [-0.2, 0) is 11.3 Å². The lowest BCUT2D eigenvalue weighted by molar-refractivity contribution is -0.148. The van der Waals surface area contributed by atoms with E-state index in [4.69, 9.17) is 0 Å². The minimum absolute atomic E-state index is 0.214. The Labute approximate surface area is 138 Å². The van der Waals surface area contributed by atoms with Gasteiger partial charge in [-0.3, -0.25) is 4.79 Å². The molecule has 1 heterocycles. The van der Waals surface area contributed by atoms with Crippen LogP contribution in [-0.4, -0.2) is 29.0 Å². The van der Waals surface area contributed by atoms with Crippen molar-refractivity contribution in [3.63, 3.8) is 0 Å². The molecule has 1 atom stereocenters. The molecule has 0 aliphatic heterocycles. The van der Waals surface area contributed by atoms with E-state index >= 15 is 0 Å². The van der Waals surface area contributed by atoms with Crippen LogP contribution in [0.4, 0.5) is 13.2 Å². The van der Waals surface area contributed by atoms with E-state index in [9.17, 15) is 23.1 Å². The van der Waals surface area contributed by atoms with Crippen molar-refractivity contribution in [1.82, 2.24) is 4.57 Å². The molecule has 0 bridgehead atoms. The molecular weight excluding hydrogens is 379 g/mol. The first kappa shape index (κ1) is 18.0. The van der Waals surface area contributed by atoms with Crippen LogP contribution in [0.15, 0.2) is 33.7 Å². The van der Waals surface area contributed by atoms with E-state index in [0.717, 1.165) is 0 Å². The SMILES string of the molecule is O=c1c2cc(F)c(Br)cc2ccn1CCCC(O)COC(F)F. The summed E-state index contributed by atoms with van der Waals surface area (Å²) in [6.45, 7) is -3.08. The molecular formula is C15H15BrF3NO3. The van der Waals surface area contributed by atoms with Crippen LogP contribution < -0.4 is 5.56 Å². The Kier molecular flexibility index (Phi) is 6.20. The maximum absolute atomic E-state index is 13.6. The van der Waals surface area contributed by atoms with Gasteiger partial charge in [-0.2, -0.15) is 8.78 Å². The highest BCUT2D eigenvalue weighted by Crippen LogP contribution is 2.21. The smallest absolute Gasteiger partial charge is 0.345 e. The Hall–Kier alpha value is -1.38. The number of benzene rings is 1. The number of fused-ring (bicyclic) bond motifs is 1. The lowest BCUT2D eigenvalue weighted by atomic mass is 10.1. The quantitative estimate of drug-likeness (QED) is 0.785. The molecule has 0 aliphatic rings. The van der Waals surface area contributed by atoms with Gasteiger partial charge in [-0.15, -0.1) is 0 Å². The van der Waals surface area contributed by atoms with Crippen molar-refractivity contribution in [3.05, 3.63) is 45.0 Å². The van der Waals surface area contributed by atoms with Gasteiger partial charge < -0.3 is 14.4 Å². The molecule has 0 fully saturated rings. The highest BCUT2D eigenvalue weighted by Gasteiger charge is 2.10. The third-order valence-corrected chi connectivity index (χ3v) is 3.98. The monoisotopic (exact) mass is 393 g/mol. The number of pyridine rings is 1. The van der Waals surface area contributed by atoms with Gasteiger partial charge in [0.05, 0.1) is 22.6 Å². The number of nitrogens with zero attached hydrogens (tertiary/aromatic N) is 1. The second-order valence-electron chi connectivity index (χ2n) is 5.06. The first-order chi connectivity index (χ1) is 10.9. The molecule has 0 spiro atoms. The average Bonchev–Trinajstić information content (AvgIpc) is 2.49. The molecule has 1 unspecified atom stereocenters. The lowest BCUT2D eigenvalue weighted by Gasteiger charge is -2.12. The Morgan fingerprint density at radius 3 is 2.78 bits per heavy atom.